The molecular formula is C22H20N2O5. The summed E-state index contributed by atoms with van der Waals surface area (Å²) in [7, 11) is 1.20. The van der Waals surface area contributed by atoms with Crippen molar-refractivity contribution in [1.82, 2.24) is 9.78 Å². The highest BCUT2D eigenvalue weighted by Crippen LogP contribution is 2.32. The van der Waals surface area contributed by atoms with E-state index < -0.39 is 24.0 Å². The maximum atomic E-state index is 13.1. The van der Waals surface area contributed by atoms with Gasteiger partial charge in [0.25, 0.3) is 5.56 Å². The van der Waals surface area contributed by atoms with Crippen molar-refractivity contribution in [2.75, 3.05) is 13.7 Å². The second-order valence-electron chi connectivity index (χ2n) is 6.09. The minimum Gasteiger partial charge on any atom is -0.465 e. The van der Waals surface area contributed by atoms with Crippen LogP contribution in [0, 0.1) is 0 Å². The fourth-order valence-corrected chi connectivity index (χ4v) is 2.98. The van der Waals surface area contributed by atoms with Crippen molar-refractivity contribution in [1.29, 1.82) is 0 Å². The molecule has 7 nitrogen and oxygen atoms in total. The Morgan fingerprint density at radius 1 is 0.966 bits per heavy atom. The second-order valence-corrected chi connectivity index (χ2v) is 6.09. The van der Waals surface area contributed by atoms with Gasteiger partial charge in [-0.25, -0.2) is 9.48 Å². The van der Waals surface area contributed by atoms with Crippen molar-refractivity contribution in [2.24, 2.45) is 0 Å². The molecule has 0 saturated carbocycles. The summed E-state index contributed by atoms with van der Waals surface area (Å²) in [6.07, 6.45) is 0. The van der Waals surface area contributed by atoms with Crippen LogP contribution in [0.4, 0.5) is 0 Å². The predicted molar refractivity (Wildman–Crippen MR) is 107 cm³/mol. The van der Waals surface area contributed by atoms with Crippen molar-refractivity contribution < 1.29 is 19.1 Å². The molecule has 0 unspecified atom stereocenters. The van der Waals surface area contributed by atoms with E-state index >= 15 is 0 Å². The number of methoxy groups -OCH3 is 1. The number of aromatic nitrogens is 2. The third-order valence-corrected chi connectivity index (χ3v) is 4.24. The molecule has 0 aliphatic carbocycles. The van der Waals surface area contributed by atoms with Gasteiger partial charge >= 0.3 is 11.9 Å². The molecule has 2 aromatic carbocycles. The lowest BCUT2D eigenvalue weighted by Gasteiger charge is -2.16. The van der Waals surface area contributed by atoms with Gasteiger partial charge < -0.3 is 9.47 Å². The number of carbonyl (C=O) groups is 2. The highest BCUT2D eigenvalue weighted by molar-refractivity contribution is 6.00. The minimum absolute atomic E-state index is 0.172. The molecule has 148 valence electrons. The van der Waals surface area contributed by atoms with Crippen molar-refractivity contribution in [2.45, 2.75) is 13.5 Å². The van der Waals surface area contributed by atoms with Crippen molar-refractivity contribution in [3.63, 3.8) is 0 Å². The first-order chi connectivity index (χ1) is 14.1. The average molecular weight is 392 g/mol. The van der Waals surface area contributed by atoms with Crippen molar-refractivity contribution >= 4 is 11.9 Å². The summed E-state index contributed by atoms with van der Waals surface area (Å²) in [5, 5.41) is 4.41. The van der Waals surface area contributed by atoms with Crippen LogP contribution in [0.25, 0.3) is 22.4 Å². The summed E-state index contributed by atoms with van der Waals surface area (Å²) in [4.78, 5) is 37.7. The minimum atomic E-state index is -0.800. The topological polar surface area (TPSA) is 87.5 Å². The number of rotatable bonds is 6. The first kappa shape index (κ1) is 20.0. The quantitative estimate of drug-likeness (QED) is 0.600. The zero-order chi connectivity index (χ0) is 20.8. The number of esters is 2. The Kier molecular flexibility index (Phi) is 6.19. The van der Waals surface area contributed by atoms with E-state index in [0.717, 1.165) is 4.68 Å². The summed E-state index contributed by atoms with van der Waals surface area (Å²) in [5.74, 6) is -1.42. The molecule has 0 saturated heterocycles. The lowest BCUT2D eigenvalue weighted by atomic mass is 9.95. The van der Waals surface area contributed by atoms with E-state index in [1.54, 1.807) is 31.2 Å². The lowest BCUT2D eigenvalue weighted by Crippen LogP contribution is -2.33. The number of carbonyl (C=O) groups excluding carboxylic acids is 2. The van der Waals surface area contributed by atoms with E-state index in [4.69, 9.17) is 9.47 Å². The Morgan fingerprint density at radius 2 is 1.55 bits per heavy atom. The van der Waals surface area contributed by atoms with Crippen LogP contribution in [-0.4, -0.2) is 35.4 Å². The summed E-state index contributed by atoms with van der Waals surface area (Å²) >= 11 is 0. The molecule has 0 N–H and O–H groups in total. The molecule has 1 aromatic heterocycles. The first-order valence-corrected chi connectivity index (χ1v) is 9.06. The molecule has 0 radical (unpaired) electrons. The molecule has 0 amide bonds. The van der Waals surface area contributed by atoms with Crippen LogP contribution in [0.2, 0.25) is 0 Å². The molecular weight excluding hydrogens is 372 g/mol. The SMILES string of the molecule is CCOC(=O)Cn1nc(-c2ccccc2)c(-c2ccccc2)c(C(=O)OC)c1=O. The highest BCUT2D eigenvalue weighted by atomic mass is 16.5. The highest BCUT2D eigenvalue weighted by Gasteiger charge is 2.26. The van der Waals surface area contributed by atoms with Crippen LogP contribution in [-0.2, 0) is 20.8 Å². The molecule has 0 aliphatic rings. The molecule has 3 aromatic rings. The summed E-state index contributed by atoms with van der Waals surface area (Å²) in [6, 6.07) is 18.1. The fourth-order valence-electron chi connectivity index (χ4n) is 2.98. The molecule has 29 heavy (non-hydrogen) atoms. The normalized spacial score (nSPS) is 10.4. The Bertz CT molecular complexity index is 1080. The van der Waals surface area contributed by atoms with E-state index in [1.807, 2.05) is 36.4 Å². The molecule has 0 spiro atoms. The van der Waals surface area contributed by atoms with Crippen LogP contribution in [0.1, 0.15) is 17.3 Å². The lowest BCUT2D eigenvalue weighted by molar-refractivity contribution is -0.144. The predicted octanol–water partition coefficient (Wildman–Crippen LogP) is 2.93. The average Bonchev–Trinajstić information content (AvgIpc) is 2.75. The van der Waals surface area contributed by atoms with Gasteiger partial charge in [-0.15, -0.1) is 0 Å². The monoisotopic (exact) mass is 392 g/mol. The molecule has 0 bridgehead atoms. The van der Waals surface area contributed by atoms with Crippen LogP contribution in [0.5, 0.6) is 0 Å². The number of benzene rings is 2. The smallest absolute Gasteiger partial charge is 0.344 e. The third-order valence-electron chi connectivity index (χ3n) is 4.24. The second kappa shape index (κ2) is 8.97. The zero-order valence-corrected chi connectivity index (χ0v) is 16.1. The van der Waals surface area contributed by atoms with Crippen LogP contribution in [0.3, 0.4) is 0 Å². The summed E-state index contributed by atoms with van der Waals surface area (Å²) in [6.45, 7) is 1.43. The Hall–Kier alpha value is -3.74. The number of ether oxygens (including phenoxy) is 2. The Labute approximate surface area is 167 Å². The largest absolute Gasteiger partial charge is 0.465 e. The van der Waals surface area contributed by atoms with E-state index in [-0.39, 0.29) is 12.2 Å². The van der Waals surface area contributed by atoms with Crippen LogP contribution in [0.15, 0.2) is 65.5 Å². The van der Waals surface area contributed by atoms with E-state index in [2.05, 4.69) is 5.10 Å². The summed E-state index contributed by atoms with van der Waals surface area (Å²) < 4.78 is 10.8. The third kappa shape index (κ3) is 4.24. The van der Waals surface area contributed by atoms with E-state index in [1.165, 1.54) is 7.11 Å². The molecule has 7 heteroatoms. The zero-order valence-electron chi connectivity index (χ0n) is 16.1. The van der Waals surface area contributed by atoms with Crippen molar-refractivity contribution in [3.8, 4) is 22.4 Å². The summed E-state index contributed by atoms with van der Waals surface area (Å²) in [5.41, 5.74) is 1.17. The van der Waals surface area contributed by atoms with Gasteiger partial charge in [0, 0.05) is 11.1 Å². The number of nitrogens with zero attached hydrogens (tertiary/aromatic N) is 2. The standard InChI is InChI=1S/C22H20N2O5/c1-3-29-17(25)14-24-21(26)19(22(27)28-2)18(15-10-6-4-7-11-15)20(23-24)16-12-8-5-9-13-16/h4-13H,3,14H2,1-2H3. The van der Waals surface area contributed by atoms with Gasteiger partial charge in [-0.05, 0) is 12.5 Å². The number of hydrogen-bond donors (Lipinski definition) is 0. The van der Waals surface area contributed by atoms with Crippen LogP contribution >= 0.6 is 0 Å². The fraction of sp³-hybridized carbons (Fsp3) is 0.182. The first-order valence-electron chi connectivity index (χ1n) is 9.06. The van der Waals surface area contributed by atoms with Gasteiger partial charge in [0.05, 0.1) is 19.4 Å². The van der Waals surface area contributed by atoms with Gasteiger partial charge in [-0.1, -0.05) is 60.7 Å². The molecule has 0 fully saturated rings. The van der Waals surface area contributed by atoms with Gasteiger partial charge in [0.1, 0.15) is 12.1 Å². The maximum absolute atomic E-state index is 13.1. The van der Waals surface area contributed by atoms with Gasteiger partial charge in [0.2, 0.25) is 0 Å². The Morgan fingerprint density at radius 3 is 2.10 bits per heavy atom. The molecule has 3 rings (SSSR count). The maximum Gasteiger partial charge on any atom is 0.344 e. The van der Waals surface area contributed by atoms with Crippen molar-refractivity contribution in [3.05, 3.63) is 76.6 Å². The molecule has 0 atom stereocenters. The van der Waals surface area contributed by atoms with Crippen LogP contribution < -0.4 is 5.56 Å². The van der Waals surface area contributed by atoms with E-state index in [9.17, 15) is 14.4 Å². The number of hydrogen-bond acceptors (Lipinski definition) is 6. The van der Waals surface area contributed by atoms with Gasteiger partial charge in [0.15, 0.2) is 0 Å². The van der Waals surface area contributed by atoms with Gasteiger partial charge in [-0.3, -0.25) is 9.59 Å². The molecule has 1 heterocycles. The van der Waals surface area contributed by atoms with Gasteiger partial charge in [-0.2, -0.15) is 5.10 Å². The Balaban J connectivity index is 2.35. The molecule has 0 aliphatic heterocycles. The van der Waals surface area contributed by atoms with E-state index in [0.29, 0.717) is 22.4 Å².